The number of aliphatic imine (C=N–C) groups is 1. The van der Waals surface area contributed by atoms with E-state index < -0.39 is 11.6 Å². The van der Waals surface area contributed by atoms with E-state index in [9.17, 15) is 4.79 Å². The van der Waals surface area contributed by atoms with Crippen molar-refractivity contribution in [2.75, 3.05) is 13.2 Å². The second kappa shape index (κ2) is 13.6. The molecule has 216 valence electrons. The van der Waals surface area contributed by atoms with E-state index in [1.165, 1.54) is 0 Å². The highest BCUT2D eigenvalue weighted by molar-refractivity contribution is 6.35. The Balaban J connectivity index is 1.56. The van der Waals surface area contributed by atoms with Crippen LogP contribution >= 0.6 is 34.8 Å². The molecule has 5 rings (SSSR count). The summed E-state index contributed by atoms with van der Waals surface area (Å²) >= 11 is 19.1. The maximum absolute atomic E-state index is 14.3. The normalized spacial score (nSPS) is 17.8. The molecule has 1 heterocycles. The molecule has 1 aliphatic rings. The molecular weight excluding hydrogens is 595 g/mol. The zero-order valence-corrected chi connectivity index (χ0v) is 24.9. The maximum Gasteiger partial charge on any atom is 0.252 e. The third-order valence-corrected chi connectivity index (χ3v) is 7.73. The lowest BCUT2D eigenvalue weighted by Crippen LogP contribution is -2.49. The number of benzene rings is 4. The van der Waals surface area contributed by atoms with Gasteiger partial charge in [0.1, 0.15) is 5.75 Å². The second-order valence-electron chi connectivity index (χ2n) is 9.93. The molecule has 0 radical (unpaired) electrons. The molecule has 9 heteroatoms. The molecule has 0 spiro atoms. The van der Waals surface area contributed by atoms with Gasteiger partial charge < -0.3 is 19.9 Å². The van der Waals surface area contributed by atoms with E-state index in [-0.39, 0.29) is 25.5 Å². The van der Waals surface area contributed by atoms with Crippen LogP contribution in [0.2, 0.25) is 15.1 Å². The highest BCUT2D eigenvalue weighted by Gasteiger charge is 2.53. The SMILES string of the molecule is O=C(NCc1cccc(Cl)c1)[C@]1(Cc2ccccc2)N=C(c2ccc(OCCCO)cc2)O[C@@H]1c1ccc(Cl)cc1Cl. The Morgan fingerprint density at radius 3 is 2.36 bits per heavy atom. The van der Waals surface area contributed by atoms with Gasteiger partial charge in [0.2, 0.25) is 5.90 Å². The summed E-state index contributed by atoms with van der Waals surface area (Å²) in [4.78, 5) is 19.4. The van der Waals surface area contributed by atoms with Crippen molar-refractivity contribution in [1.29, 1.82) is 0 Å². The third kappa shape index (κ3) is 6.90. The maximum atomic E-state index is 14.3. The van der Waals surface area contributed by atoms with Gasteiger partial charge in [-0.1, -0.05) is 83.3 Å². The third-order valence-electron chi connectivity index (χ3n) is 6.93. The largest absolute Gasteiger partial charge is 0.494 e. The Hall–Kier alpha value is -3.55. The van der Waals surface area contributed by atoms with Crippen molar-refractivity contribution < 1.29 is 19.4 Å². The molecule has 2 N–H and O–H groups in total. The fraction of sp³-hybridized carbons (Fsp3) is 0.212. The van der Waals surface area contributed by atoms with Crippen LogP contribution in [0.4, 0.5) is 0 Å². The topological polar surface area (TPSA) is 80.2 Å². The number of hydrogen-bond acceptors (Lipinski definition) is 5. The fourth-order valence-corrected chi connectivity index (χ4v) is 5.58. The monoisotopic (exact) mass is 622 g/mol. The first-order valence-corrected chi connectivity index (χ1v) is 14.6. The van der Waals surface area contributed by atoms with Gasteiger partial charge in [0, 0.05) is 52.2 Å². The number of nitrogens with zero attached hydrogens (tertiary/aromatic N) is 1. The number of amides is 1. The number of rotatable bonds is 11. The average Bonchev–Trinajstić information content (AvgIpc) is 3.37. The minimum atomic E-state index is -1.40. The van der Waals surface area contributed by atoms with E-state index >= 15 is 0 Å². The number of nitrogens with one attached hydrogen (secondary N) is 1. The summed E-state index contributed by atoms with van der Waals surface area (Å²) < 4.78 is 12.2. The predicted molar refractivity (Wildman–Crippen MR) is 167 cm³/mol. The molecule has 0 saturated heterocycles. The number of carbonyl (C=O) groups excluding carboxylic acids is 1. The van der Waals surface area contributed by atoms with E-state index in [0.29, 0.717) is 50.9 Å². The molecule has 0 saturated carbocycles. The summed E-state index contributed by atoms with van der Waals surface area (Å²) in [5.41, 5.74) is 1.64. The van der Waals surface area contributed by atoms with Crippen LogP contribution < -0.4 is 10.1 Å². The number of ether oxygens (including phenoxy) is 2. The smallest absolute Gasteiger partial charge is 0.252 e. The van der Waals surface area contributed by atoms with Gasteiger partial charge in [-0.2, -0.15) is 0 Å². The summed E-state index contributed by atoms with van der Waals surface area (Å²) in [5, 5.41) is 13.5. The van der Waals surface area contributed by atoms with Crippen LogP contribution in [0, 0.1) is 0 Å². The molecular formula is C33H29Cl3N2O4. The average molecular weight is 624 g/mol. The molecule has 6 nitrogen and oxygen atoms in total. The van der Waals surface area contributed by atoms with E-state index in [1.54, 1.807) is 36.4 Å². The first-order valence-electron chi connectivity index (χ1n) is 13.5. The van der Waals surface area contributed by atoms with Gasteiger partial charge in [-0.15, -0.1) is 0 Å². The van der Waals surface area contributed by atoms with Crippen LogP contribution in [0.25, 0.3) is 0 Å². The van der Waals surface area contributed by atoms with Crippen molar-refractivity contribution in [3.8, 4) is 5.75 Å². The number of aliphatic hydroxyl groups is 1. The number of carbonyl (C=O) groups is 1. The number of hydrogen-bond donors (Lipinski definition) is 2. The number of halogens is 3. The lowest BCUT2D eigenvalue weighted by Gasteiger charge is -2.31. The minimum Gasteiger partial charge on any atom is -0.494 e. The molecule has 0 aromatic heterocycles. The molecule has 1 amide bonds. The molecule has 0 aliphatic carbocycles. The van der Waals surface area contributed by atoms with Crippen LogP contribution in [0.1, 0.15) is 34.8 Å². The highest BCUT2D eigenvalue weighted by atomic mass is 35.5. The van der Waals surface area contributed by atoms with Crippen LogP contribution in [-0.4, -0.2) is 35.7 Å². The standard InChI is InChI=1S/C33H29Cl3N2O4/c34-25-9-4-8-23(18-25)21-37-32(40)33(20-22-6-2-1-3-7-22)30(28-15-12-26(35)19-29(28)36)42-31(38-33)24-10-13-27(14-11-24)41-17-5-16-39/h1-4,6-15,18-19,30,39H,5,16-17,20-21H2,(H,37,40)/t30-,33-/m1/s1. The van der Waals surface area contributed by atoms with Gasteiger partial charge in [0.15, 0.2) is 11.6 Å². The van der Waals surface area contributed by atoms with E-state index in [2.05, 4.69) is 5.32 Å². The van der Waals surface area contributed by atoms with Crippen LogP contribution in [-0.2, 0) is 22.5 Å². The molecule has 4 aromatic carbocycles. The lowest BCUT2D eigenvalue weighted by molar-refractivity contribution is -0.129. The molecule has 4 aromatic rings. The first-order chi connectivity index (χ1) is 20.4. The molecule has 0 unspecified atom stereocenters. The Morgan fingerprint density at radius 1 is 0.905 bits per heavy atom. The van der Waals surface area contributed by atoms with E-state index in [0.717, 1.165) is 11.1 Å². The van der Waals surface area contributed by atoms with Gasteiger partial charge in [0.05, 0.1) is 6.61 Å². The molecule has 0 fully saturated rings. The zero-order valence-electron chi connectivity index (χ0n) is 22.6. The quantitative estimate of drug-likeness (QED) is 0.173. The Kier molecular flexibility index (Phi) is 9.70. The van der Waals surface area contributed by atoms with Crippen molar-refractivity contribution in [1.82, 2.24) is 5.32 Å². The van der Waals surface area contributed by atoms with Gasteiger partial charge >= 0.3 is 0 Å². The summed E-state index contributed by atoms with van der Waals surface area (Å²) in [6, 6.07) is 29.4. The Bertz CT molecular complexity index is 1560. The molecule has 42 heavy (non-hydrogen) atoms. The van der Waals surface area contributed by atoms with Crippen molar-refractivity contribution in [2.24, 2.45) is 4.99 Å². The first kappa shape index (κ1) is 29.9. The van der Waals surface area contributed by atoms with Crippen LogP contribution in [0.5, 0.6) is 5.75 Å². The predicted octanol–water partition coefficient (Wildman–Crippen LogP) is 7.22. The van der Waals surface area contributed by atoms with E-state index in [1.807, 2.05) is 60.7 Å². The van der Waals surface area contributed by atoms with Crippen LogP contribution in [0.15, 0.2) is 102 Å². The second-order valence-corrected chi connectivity index (χ2v) is 11.2. The summed E-state index contributed by atoms with van der Waals surface area (Å²) in [7, 11) is 0. The fourth-order valence-electron chi connectivity index (χ4n) is 4.86. The van der Waals surface area contributed by atoms with Crippen molar-refractivity contribution >= 4 is 46.6 Å². The van der Waals surface area contributed by atoms with E-state index in [4.69, 9.17) is 54.4 Å². The van der Waals surface area contributed by atoms with Gasteiger partial charge in [-0.25, -0.2) is 4.99 Å². The zero-order chi connectivity index (χ0) is 29.5. The van der Waals surface area contributed by atoms with Gasteiger partial charge in [0.25, 0.3) is 5.91 Å². The highest BCUT2D eigenvalue weighted by Crippen LogP contribution is 2.45. The summed E-state index contributed by atoms with van der Waals surface area (Å²) in [6.07, 6.45) is -0.0599. The molecule has 2 atom stereocenters. The van der Waals surface area contributed by atoms with Gasteiger partial charge in [-0.05, 0) is 59.7 Å². The Labute approximate surface area is 259 Å². The number of aliphatic hydroxyl groups excluding tert-OH is 1. The van der Waals surface area contributed by atoms with Crippen LogP contribution in [0.3, 0.4) is 0 Å². The van der Waals surface area contributed by atoms with Crippen molar-refractivity contribution in [2.45, 2.75) is 31.0 Å². The molecule has 1 aliphatic heterocycles. The van der Waals surface area contributed by atoms with Crippen molar-refractivity contribution in [3.63, 3.8) is 0 Å². The Morgan fingerprint density at radius 2 is 1.64 bits per heavy atom. The minimum absolute atomic E-state index is 0.0558. The summed E-state index contributed by atoms with van der Waals surface area (Å²) in [6.45, 7) is 0.708. The van der Waals surface area contributed by atoms with Gasteiger partial charge in [-0.3, -0.25) is 4.79 Å². The lowest BCUT2D eigenvalue weighted by atomic mass is 9.82. The van der Waals surface area contributed by atoms with Crippen molar-refractivity contribution in [3.05, 3.63) is 134 Å². The molecule has 0 bridgehead atoms. The summed E-state index contributed by atoms with van der Waals surface area (Å²) in [5.74, 6) is 0.640.